The van der Waals surface area contributed by atoms with Crippen LogP contribution in [0.1, 0.15) is 46.5 Å². The molecule has 1 heterocycles. The van der Waals surface area contributed by atoms with Crippen molar-refractivity contribution in [3.8, 4) is 11.8 Å². The number of allylic oxidation sites excluding steroid dienone is 1. The van der Waals surface area contributed by atoms with Crippen LogP contribution in [0.25, 0.3) is 0 Å². The summed E-state index contributed by atoms with van der Waals surface area (Å²) in [6.45, 7) is 5.27. The summed E-state index contributed by atoms with van der Waals surface area (Å²) in [6.07, 6.45) is 3.72. The molecule has 1 aliphatic rings. The zero-order valence-electron chi connectivity index (χ0n) is 12.6. The molecule has 5 nitrogen and oxygen atoms in total. The van der Waals surface area contributed by atoms with Crippen molar-refractivity contribution in [2.45, 2.75) is 46.5 Å². The third-order valence-electron chi connectivity index (χ3n) is 3.49. The highest BCUT2D eigenvalue weighted by Crippen LogP contribution is 2.30. The van der Waals surface area contributed by atoms with Crippen molar-refractivity contribution in [1.82, 2.24) is 0 Å². The van der Waals surface area contributed by atoms with E-state index in [1.54, 1.807) is 13.8 Å². The Hall–Kier alpha value is -2.09. The molecule has 2 N–H and O–H groups in total. The van der Waals surface area contributed by atoms with Gasteiger partial charge in [0.15, 0.2) is 0 Å². The normalized spacial score (nSPS) is 21.4. The van der Waals surface area contributed by atoms with Crippen molar-refractivity contribution >= 4 is 17.7 Å². The number of carboxylic acids is 2. The zero-order chi connectivity index (χ0) is 16.0. The lowest BCUT2D eigenvalue weighted by Gasteiger charge is -2.25. The van der Waals surface area contributed by atoms with Crippen molar-refractivity contribution in [1.29, 1.82) is 0 Å². The Bertz CT molecular complexity index is 548. The lowest BCUT2D eigenvalue weighted by molar-refractivity contribution is -0.140. The van der Waals surface area contributed by atoms with Crippen LogP contribution in [0.5, 0.6) is 0 Å². The van der Waals surface area contributed by atoms with Crippen molar-refractivity contribution in [2.24, 2.45) is 16.8 Å². The van der Waals surface area contributed by atoms with E-state index in [9.17, 15) is 19.8 Å². The number of rotatable bonds is 5. The van der Waals surface area contributed by atoms with Crippen molar-refractivity contribution in [3.63, 3.8) is 0 Å². The minimum atomic E-state index is -1.15. The van der Waals surface area contributed by atoms with Gasteiger partial charge in [0, 0.05) is 17.8 Å². The van der Waals surface area contributed by atoms with Crippen LogP contribution in [0.3, 0.4) is 0 Å². The van der Waals surface area contributed by atoms with Gasteiger partial charge in [-0.05, 0) is 20.3 Å². The standard InChI is InChI=1S/C16H21NO4/c1-4-5-6-7-8-9-12-13(15(18)19)10(2)17-11(3)14(12)16(20)21/h12-13H,4-7H2,1-3H3,(H,18,19)(H,20,21). The monoisotopic (exact) mass is 291 g/mol. The van der Waals surface area contributed by atoms with Crippen LogP contribution >= 0.6 is 0 Å². The first-order valence-electron chi connectivity index (χ1n) is 7.10. The highest BCUT2D eigenvalue weighted by atomic mass is 16.4. The van der Waals surface area contributed by atoms with Gasteiger partial charge in [-0.3, -0.25) is 9.79 Å². The van der Waals surface area contributed by atoms with Gasteiger partial charge >= 0.3 is 11.9 Å². The molecule has 114 valence electrons. The summed E-state index contributed by atoms with van der Waals surface area (Å²) >= 11 is 0. The molecule has 0 aromatic rings. The molecule has 5 heteroatoms. The molecule has 0 spiro atoms. The van der Waals surface area contributed by atoms with Crippen LogP contribution in [0.2, 0.25) is 0 Å². The second-order valence-corrected chi connectivity index (χ2v) is 5.13. The van der Waals surface area contributed by atoms with Crippen LogP contribution in [0.15, 0.2) is 16.3 Å². The number of aliphatic imine (C=N–C) groups is 1. The Morgan fingerprint density at radius 3 is 2.43 bits per heavy atom. The number of nitrogens with zero attached hydrogens (tertiary/aromatic N) is 1. The van der Waals surface area contributed by atoms with Crippen LogP contribution in [0, 0.1) is 23.7 Å². The summed E-state index contributed by atoms with van der Waals surface area (Å²) < 4.78 is 0. The fraction of sp³-hybridized carbons (Fsp3) is 0.562. The van der Waals surface area contributed by atoms with Gasteiger partial charge in [-0.2, -0.15) is 0 Å². The molecule has 21 heavy (non-hydrogen) atoms. The second kappa shape index (κ2) is 7.63. The number of hydrogen-bond acceptors (Lipinski definition) is 3. The average molecular weight is 291 g/mol. The first-order chi connectivity index (χ1) is 9.90. The molecule has 0 aromatic carbocycles. The molecular formula is C16H21NO4. The van der Waals surface area contributed by atoms with Gasteiger partial charge in [0.2, 0.25) is 0 Å². The third-order valence-corrected chi connectivity index (χ3v) is 3.49. The second-order valence-electron chi connectivity index (χ2n) is 5.13. The van der Waals surface area contributed by atoms with Crippen LogP contribution < -0.4 is 0 Å². The molecule has 1 rings (SSSR count). The van der Waals surface area contributed by atoms with Crippen LogP contribution in [0.4, 0.5) is 0 Å². The molecule has 0 fully saturated rings. The Balaban J connectivity index is 3.10. The molecule has 0 saturated heterocycles. The Morgan fingerprint density at radius 1 is 1.24 bits per heavy atom. The summed E-state index contributed by atoms with van der Waals surface area (Å²) in [6, 6.07) is 0. The number of carbonyl (C=O) groups is 2. The topological polar surface area (TPSA) is 87.0 Å². The maximum atomic E-state index is 11.4. The van der Waals surface area contributed by atoms with Gasteiger partial charge in [-0.25, -0.2) is 4.79 Å². The summed E-state index contributed by atoms with van der Waals surface area (Å²) in [7, 11) is 0. The quantitative estimate of drug-likeness (QED) is 0.602. The van der Waals surface area contributed by atoms with E-state index >= 15 is 0 Å². The van der Waals surface area contributed by atoms with Gasteiger partial charge < -0.3 is 10.2 Å². The van der Waals surface area contributed by atoms with Gasteiger partial charge in [0.05, 0.1) is 11.5 Å². The van der Waals surface area contributed by atoms with Crippen molar-refractivity contribution < 1.29 is 19.8 Å². The number of carboxylic acid groups (broad SMARTS) is 2. The van der Waals surface area contributed by atoms with E-state index in [0.29, 0.717) is 17.8 Å². The SMILES string of the molecule is CCCCCC#CC1C(C(=O)O)=C(C)N=C(C)C1C(=O)O. The lowest BCUT2D eigenvalue weighted by atomic mass is 9.80. The Morgan fingerprint density at radius 2 is 1.90 bits per heavy atom. The van der Waals surface area contributed by atoms with Gasteiger partial charge in [0.1, 0.15) is 5.92 Å². The predicted molar refractivity (Wildman–Crippen MR) is 80.0 cm³/mol. The molecule has 0 amide bonds. The molecular weight excluding hydrogens is 270 g/mol. The van der Waals surface area contributed by atoms with E-state index in [0.717, 1.165) is 19.3 Å². The van der Waals surface area contributed by atoms with Crippen LogP contribution in [-0.2, 0) is 9.59 Å². The highest BCUT2D eigenvalue weighted by Gasteiger charge is 2.39. The first kappa shape index (κ1) is 17.0. The summed E-state index contributed by atoms with van der Waals surface area (Å²) in [5, 5.41) is 18.7. The van der Waals surface area contributed by atoms with E-state index in [4.69, 9.17) is 0 Å². The molecule has 0 aliphatic carbocycles. The third kappa shape index (κ3) is 4.19. The largest absolute Gasteiger partial charge is 0.481 e. The molecule has 0 aromatic heterocycles. The minimum Gasteiger partial charge on any atom is -0.481 e. The Labute approximate surface area is 124 Å². The number of hydrogen-bond donors (Lipinski definition) is 2. The molecule has 0 radical (unpaired) electrons. The van der Waals surface area contributed by atoms with E-state index in [1.807, 2.05) is 0 Å². The van der Waals surface area contributed by atoms with E-state index in [-0.39, 0.29) is 5.57 Å². The lowest BCUT2D eigenvalue weighted by Crippen LogP contribution is -2.35. The Kier molecular flexibility index (Phi) is 6.16. The fourth-order valence-electron chi connectivity index (χ4n) is 2.44. The van der Waals surface area contributed by atoms with E-state index in [1.165, 1.54) is 0 Å². The van der Waals surface area contributed by atoms with Gasteiger partial charge in [-0.15, -0.1) is 5.92 Å². The van der Waals surface area contributed by atoms with Crippen molar-refractivity contribution in [2.75, 3.05) is 0 Å². The number of unbranched alkanes of at least 4 members (excludes halogenated alkanes) is 3. The van der Waals surface area contributed by atoms with Crippen molar-refractivity contribution in [3.05, 3.63) is 11.3 Å². The molecule has 1 aliphatic heterocycles. The van der Waals surface area contributed by atoms with Gasteiger partial charge in [-0.1, -0.05) is 25.7 Å². The predicted octanol–water partition coefficient (Wildman–Crippen LogP) is 2.72. The van der Waals surface area contributed by atoms with E-state index in [2.05, 4.69) is 23.8 Å². The van der Waals surface area contributed by atoms with Crippen LogP contribution in [-0.4, -0.2) is 27.9 Å². The molecule has 2 atom stereocenters. The average Bonchev–Trinajstić information content (AvgIpc) is 2.36. The van der Waals surface area contributed by atoms with Gasteiger partial charge in [0.25, 0.3) is 0 Å². The maximum absolute atomic E-state index is 11.4. The highest BCUT2D eigenvalue weighted by molar-refractivity contribution is 6.05. The smallest absolute Gasteiger partial charge is 0.334 e. The molecule has 0 saturated carbocycles. The zero-order valence-corrected chi connectivity index (χ0v) is 12.6. The molecule has 2 unspecified atom stereocenters. The fourth-order valence-corrected chi connectivity index (χ4v) is 2.44. The molecule has 0 bridgehead atoms. The minimum absolute atomic E-state index is 0.00371. The maximum Gasteiger partial charge on any atom is 0.334 e. The summed E-state index contributed by atoms with van der Waals surface area (Å²) in [4.78, 5) is 26.9. The van der Waals surface area contributed by atoms with E-state index < -0.39 is 23.8 Å². The summed E-state index contributed by atoms with van der Waals surface area (Å²) in [5.74, 6) is 1.73. The number of aliphatic carboxylic acids is 2. The first-order valence-corrected chi connectivity index (χ1v) is 7.10. The summed E-state index contributed by atoms with van der Waals surface area (Å²) in [5.41, 5.74) is 0.735.